The molecular formula is C11H18N2O6. The summed E-state index contributed by atoms with van der Waals surface area (Å²) in [6, 6.07) is 0. The molecule has 0 bridgehead atoms. The summed E-state index contributed by atoms with van der Waals surface area (Å²) in [5.74, 6) is 0. The van der Waals surface area contributed by atoms with Crippen molar-refractivity contribution in [2.75, 3.05) is 20.8 Å². The van der Waals surface area contributed by atoms with Gasteiger partial charge in [-0.15, -0.1) is 0 Å². The van der Waals surface area contributed by atoms with Gasteiger partial charge in [-0.3, -0.25) is 14.3 Å². The number of nitrogens with one attached hydrogen (secondary N) is 1. The highest BCUT2D eigenvalue weighted by Gasteiger charge is 2.30. The van der Waals surface area contributed by atoms with Gasteiger partial charge in [-0.25, -0.2) is 4.79 Å². The molecule has 0 spiro atoms. The summed E-state index contributed by atoms with van der Waals surface area (Å²) < 4.78 is 10.9. The Kier molecular flexibility index (Phi) is 5.43. The van der Waals surface area contributed by atoms with Crippen LogP contribution in [0.4, 0.5) is 0 Å². The Morgan fingerprint density at radius 3 is 2.47 bits per heavy atom. The third-order valence-corrected chi connectivity index (χ3v) is 2.85. The lowest BCUT2D eigenvalue weighted by Crippen LogP contribution is -2.44. The number of H-pyrrole nitrogens is 1. The van der Waals surface area contributed by atoms with Gasteiger partial charge in [0.1, 0.15) is 12.2 Å². The van der Waals surface area contributed by atoms with Crippen LogP contribution in [0, 0.1) is 6.92 Å². The number of aromatic nitrogens is 2. The molecule has 1 rings (SSSR count). The Morgan fingerprint density at radius 1 is 1.37 bits per heavy atom. The molecule has 1 aromatic rings. The molecule has 1 aromatic heterocycles. The Morgan fingerprint density at radius 2 is 2.00 bits per heavy atom. The van der Waals surface area contributed by atoms with Crippen molar-refractivity contribution in [2.45, 2.75) is 25.4 Å². The Bertz CT molecular complexity index is 519. The van der Waals surface area contributed by atoms with E-state index in [1.165, 1.54) is 27.3 Å². The molecule has 3 atom stereocenters. The Hall–Kier alpha value is -1.48. The van der Waals surface area contributed by atoms with Crippen LogP contribution >= 0.6 is 0 Å². The lowest BCUT2D eigenvalue weighted by atomic mass is 10.1. The summed E-state index contributed by atoms with van der Waals surface area (Å²) in [6.45, 7) is 1.12. The van der Waals surface area contributed by atoms with Crippen LogP contribution in [-0.4, -0.2) is 52.8 Å². The van der Waals surface area contributed by atoms with Crippen molar-refractivity contribution in [2.24, 2.45) is 0 Å². The zero-order valence-corrected chi connectivity index (χ0v) is 11.0. The van der Waals surface area contributed by atoms with E-state index in [9.17, 15) is 14.7 Å². The number of methoxy groups -OCH3 is 2. The summed E-state index contributed by atoms with van der Waals surface area (Å²) >= 11 is 0. The van der Waals surface area contributed by atoms with Crippen LogP contribution in [0.25, 0.3) is 0 Å². The number of ether oxygens (including phenoxy) is 2. The van der Waals surface area contributed by atoms with Crippen LogP contribution in [0.15, 0.2) is 15.8 Å². The monoisotopic (exact) mass is 274 g/mol. The molecule has 1 heterocycles. The molecule has 8 heteroatoms. The third kappa shape index (κ3) is 3.29. The second-order valence-corrected chi connectivity index (χ2v) is 4.05. The molecular weight excluding hydrogens is 256 g/mol. The number of rotatable bonds is 6. The molecule has 1 unspecified atom stereocenters. The van der Waals surface area contributed by atoms with Gasteiger partial charge in [0.15, 0.2) is 6.23 Å². The van der Waals surface area contributed by atoms with E-state index in [2.05, 4.69) is 4.98 Å². The van der Waals surface area contributed by atoms with E-state index in [0.717, 1.165) is 4.57 Å². The lowest BCUT2D eigenvalue weighted by molar-refractivity contribution is -0.134. The van der Waals surface area contributed by atoms with E-state index >= 15 is 0 Å². The van der Waals surface area contributed by atoms with Gasteiger partial charge < -0.3 is 19.7 Å². The summed E-state index contributed by atoms with van der Waals surface area (Å²) in [7, 11) is 2.67. The highest BCUT2D eigenvalue weighted by molar-refractivity contribution is 5.01. The molecule has 0 aliphatic heterocycles. The van der Waals surface area contributed by atoms with Crippen LogP contribution in [0.5, 0.6) is 0 Å². The molecule has 8 nitrogen and oxygen atoms in total. The number of hydrogen-bond donors (Lipinski definition) is 3. The van der Waals surface area contributed by atoms with Gasteiger partial charge in [-0.05, 0) is 6.92 Å². The summed E-state index contributed by atoms with van der Waals surface area (Å²) in [6.07, 6.45) is -1.94. The summed E-state index contributed by atoms with van der Waals surface area (Å²) in [5.41, 5.74) is -1.02. The predicted molar refractivity (Wildman–Crippen MR) is 66.0 cm³/mol. The third-order valence-electron chi connectivity index (χ3n) is 2.85. The minimum atomic E-state index is -1.40. The van der Waals surface area contributed by atoms with Crippen LogP contribution < -0.4 is 11.2 Å². The number of aryl methyl sites for hydroxylation is 1. The van der Waals surface area contributed by atoms with Gasteiger partial charge in [0, 0.05) is 26.0 Å². The predicted octanol–water partition coefficient (Wildman–Crippen LogP) is -1.64. The zero-order chi connectivity index (χ0) is 14.6. The van der Waals surface area contributed by atoms with E-state index in [1.807, 2.05) is 0 Å². The first-order valence-corrected chi connectivity index (χ1v) is 5.62. The highest BCUT2D eigenvalue weighted by atomic mass is 16.5. The van der Waals surface area contributed by atoms with Crippen molar-refractivity contribution < 1.29 is 19.7 Å². The summed E-state index contributed by atoms with van der Waals surface area (Å²) in [4.78, 5) is 25.0. The molecule has 0 aromatic carbocycles. The van der Waals surface area contributed by atoms with Crippen molar-refractivity contribution in [3.63, 3.8) is 0 Å². The van der Waals surface area contributed by atoms with Gasteiger partial charge in [0.05, 0.1) is 6.61 Å². The SMILES string of the molecule is CO[C@H](C(O)n1cc(C)c(=O)[nH]c1=O)[C@@H](CO)OC. The van der Waals surface area contributed by atoms with Gasteiger partial charge in [-0.1, -0.05) is 0 Å². The van der Waals surface area contributed by atoms with Gasteiger partial charge in [0.25, 0.3) is 5.56 Å². The van der Waals surface area contributed by atoms with Crippen LogP contribution in [0.3, 0.4) is 0 Å². The van der Waals surface area contributed by atoms with E-state index in [4.69, 9.17) is 14.6 Å². The molecule has 3 N–H and O–H groups in total. The number of aliphatic hydroxyl groups excluding tert-OH is 2. The van der Waals surface area contributed by atoms with Crippen molar-refractivity contribution in [1.29, 1.82) is 0 Å². The van der Waals surface area contributed by atoms with Gasteiger partial charge >= 0.3 is 5.69 Å². The molecule has 0 radical (unpaired) electrons. The normalized spacial score (nSPS) is 16.1. The molecule has 19 heavy (non-hydrogen) atoms. The first-order valence-electron chi connectivity index (χ1n) is 5.62. The molecule has 108 valence electrons. The van der Waals surface area contributed by atoms with Crippen molar-refractivity contribution in [1.82, 2.24) is 9.55 Å². The highest BCUT2D eigenvalue weighted by Crippen LogP contribution is 2.15. The quantitative estimate of drug-likeness (QED) is 0.573. The number of aliphatic hydroxyl groups is 2. The number of nitrogens with zero attached hydrogens (tertiary/aromatic N) is 1. The number of hydrogen-bond acceptors (Lipinski definition) is 6. The van der Waals surface area contributed by atoms with E-state index in [1.54, 1.807) is 0 Å². The Balaban J connectivity index is 3.17. The molecule has 0 aliphatic rings. The molecule has 0 saturated carbocycles. The smallest absolute Gasteiger partial charge is 0.330 e. The zero-order valence-electron chi connectivity index (χ0n) is 11.0. The largest absolute Gasteiger partial charge is 0.394 e. The Labute approximate surface area is 109 Å². The second-order valence-electron chi connectivity index (χ2n) is 4.05. The van der Waals surface area contributed by atoms with E-state index in [-0.39, 0.29) is 12.2 Å². The maximum absolute atomic E-state index is 11.6. The maximum atomic E-state index is 11.6. The first-order chi connectivity index (χ1) is 8.96. The number of aromatic amines is 1. The van der Waals surface area contributed by atoms with Crippen molar-refractivity contribution in [3.8, 4) is 0 Å². The van der Waals surface area contributed by atoms with Crippen LogP contribution in [-0.2, 0) is 9.47 Å². The average molecular weight is 274 g/mol. The fourth-order valence-corrected chi connectivity index (χ4v) is 1.72. The molecule has 0 fully saturated rings. The van der Waals surface area contributed by atoms with Crippen LogP contribution in [0.1, 0.15) is 11.8 Å². The van der Waals surface area contributed by atoms with E-state index < -0.39 is 29.7 Å². The molecule has 0 saturated heterocycles. The van der Waals surface area contributed by atoms with Crippen LogP contribution in [0.2, 0.25) is 0 Å². The fourth-order valence-electron chi connectivity index (χ4n) is 1.72. The van der Waals surface area contributed by atoms with Gasteiger partial charge in [0.2, 0.25) is 0 Å². The minimum Gasteiger partial charge on any atom is -0.394 e. The standard InChI is InChI=1S/C11H18N2O6/c1-6-4-13(11(17)12-9(6)15)10(16)8(19-3)7(5-14)18-2/h4,7-8,10,14,16H,5H2,1-3H3,(H,12,15,17)/t7-,8+,10?/m1/s1. The summed E-state index contributed by atoms with van der Waals surface area (Å²) in [5, 5.41) is 19.3. The molecule has 0 aliphatic carbocycles. The first kappa shape index (κ1) is 15.6. The van der Waals surface area contributed by atoms with E-state index in [0.29, 0.717) is 0 Å². The molecule has 0 amide bonds. The van der Waals surface area contributed by atoms with Crippen molar-refractivity contribution in [3.05, 3.63) is 32.6 Å². The lowest BCUT2D eigenvalue weighted by Gasteiger charge is -2.28. The minimum absolute atomic E-state index is 0.270. The fraction of sp³-hybridized carbons (Fsp3) is 0.636. The average Bonchev–Trinajstić information content (AvgIpc) is 2.39. The van der Waals surface area contributed by atoms with Crippen molar-refractivity contribution >= 4 is 0 Å². The topological polar surface area (TPSA) is 114 Å². The second kappa shape index (κ2) is 6.62. The maximum Gasteiger partial charge on any atom is 0.330 e. The van der Waals surface area contributed by atoms with Gasteiger partial charge in [-0.2, -0.15) is 0 Å².